The van der Waals surface area contributed by atoms with Gasteiger partial charge in [0.2, 0.25) is 0 Å². The molecule has 0 bridgehead atoms. The molecule has 146 valence electrons. The third-order valence-corrected chi connectivity index (χ3v) is 4.59. The number of carbonyl (C=O) groups excluding carboxylic acids is 1. The lowest BCUT2D eigenvalue weighted by Gasteiger charge is -2.17. The Morgan fingerprint density at radius 1 is 1.07 bits per heavy atom. The number of carboxylic acids is 1. The van der Waals surface area contributed by atoms with Gasteiger partial charge in [0.05, 0.1) is 17.5 Å². The molecule has 1 atom stereocenters. The molecule has 0 fully saturated rings. The van der Waals surface area contributed by atoms with Gasteiger partial charge in [-0.15, -0.1) is 0 Å². The minimum atomic E-state index is -1.14. The number of nitrogens with one attached hydrogen (secondary N) is 1. The third kappa shape index (κ3) is 3.74. The number of aliphatic carboxylic acids is 1. The fraction of sp³-hybridized carbons (Fsp3) is 0.333. The minimum absolute atomic E-state index is 0.144. The molecule has 28 heavy (non-hydrogen) atoms. The summed E-state index contributed by atoms with van der Waals surface area (Å²) < 4.78 is 1.79. The van der Waals surface area contributed by atoms with Gasteiger partial charge in [0.1, 0.15) is 0 Å². The number of rotatable bonds is 5. The monoisotopic (exact) mass is 380 g/mol. The molecule has 0 aliphatic rings. The van der Waals surface area contributed by atoms with Crippen molar-refractivity contribution < 1.29 is 14.7 Å². The van der Waals surface area contributed by atoms with Gasteiger partial charge in [0, 0.05) is 11.4 Å². The van der Waals surface area contributed by atoms with Crippen LogP contribution in [0.2, 0.25) is 0 Å². The number of pyridine rings is 1. The fourth-order valence-corrected chi connectivity index (χ4v) is 3.35. The molecular weight excluding hydrogens is 356 g/mol. The number of hydrogen-bond acceptors (Lipinski definition) is 4. The molecule has 0 radical (unpaired) electrons. The maximum atomic E-state index is 12.9. The zero-order valence-corrected chi connectivity index (χ0v) is 16.6. The van der Waals surface area contributed by atoms with Crippen molar-refractivity contribution in [3.63, 3.8) is 0 Å². The highest BCUT2D eigenvalue weighted by atomic mass is 16.4. The molecule has 0 saturated carbocycles. The van der Waals surface area contributed by atoms with Crippen molar-refractivity contribution in [3.8, 4) is 0 Å². The summed E-state index contributed by atoms with van der Waals surface area (Å²) in [4.78, 5) is 29.2. The zero-order chi connectivity index (χ0) is 20.6. The van der Waals surface area contributed by atoms with E-state index in [9.17, 15) is 14.7 Å². The van der Waals surface area contributed by atoms with E-state index in [1.807, 2.05) is 33.8 Å². The van der Waals surface area contributed by atoms with E-state index in [-0.39, 0.29) is 6.04 Å². The molecular formula is C21H24N4O3. The van der Waals surface area contributed by atoms with Gasteiger partial charge in [-0.2, -0.15) is 5.10 Å². The van der Waals surface area contributed by atoms with Crippen LogP contribution in [0.15, 0.2) is 30.5 Å². The third-order valence-electron chi connectivity index (χ3n) is 4.59. The first-order valence-electron chi connectivity index (χ1n) is 9.14. The lowest BCUT2D eigenvalue weighted by Crippen LogP contribution is -2.34. The van der Waals surface area contributed by atoms with Crippen molar-refractivity contribution in [3.05, 3.63) is 58.4 Å². The Morgan fingerprint density at radius 2 is 1.71 bits per heavy atom. The standard InChI is InChI=1S/C21H24N4O3/c1-11(2)25-19-16(10-22-25)9-17(14(5)23-19)20(26)24-18(21(27)28)15-7-12(3)6-13(4)8-15/h6-11,18H,1-5H3,(H,24,26)(H,27,28). The van der Waals surface area contributed by atoms with E-state index in [0.717, 1.165) is 16.5 Å². The second-order valence-corrected chi connectivity index (χ2v) is 7.38. The largest absolute Gasteiger partial charge is 0.479 e. The van der Waals surface area contributed by atoms with Gasteiger partial charge in [-0.25, -0.2) is 14.5 Å². The molecule has 3 rings (SSSR count). The maximum absolute atomic E-state index is 12.9. The first-order chi connectivity index (χ1) is 13.2. The normalized spacial score (nSPS) is 12.4. The van der Waals surface area contributed by atoms with Crippen molar-refractivity contribution in [2.75, 3.05) is 0 Å². The number of aryl methyl sites for hydroxylation is 3. The average Bonchev–Trinajstić information content (AvgIpc) is 3.00. The van der Waals surface area contributed by atoms with E-state index in [4.69, 9.17) is 0 Å². The summed E-state index contributed by atoms with van der Waals surface area (Å²) in [6, 6.07) is 6.21. The Balaban J connectivity index is 1.96. The Labute approximate surface area is 163 Å². The Hall–Kier alpha value is -3.22. The van der Waals surface area contributed by atoms with Crippen molar-refractivity contribution in [1.29, 1.82) is 0 Å². The highest BCUT2D eigenvalue weighted by Gasteiger charge is 2.25. The summed E-state index contributed by atoms with van der Waals surface area (Å²) in [5.74, 6) is -1.59. The van der Waals surface area contributed by atoms with Gasteiger partial charge in [0.15, 0.2) is 11.7 Å². The number of fused-ring (bicyclic) bond motifs is 1. The number of benzene rings is 1. The SMILES string of the molecule is Cc1cc(C)cc(C(NC(=O)c2cc3cnn(C(C)C)c3nc2C)C(=O)O)c1. The summed E-state index contributed by atoms with van der Waals surface area (Å²) in [6.07, 6.45) is 1.66. The molecule has 0 spiro atoms. The first-order valence-corrected chi connectivity index (χ1v) is 9.14. The maximum Gasteiger partial charge on any atom is 0.330 e. The molecule has 2 heterocycles. The highest BCUT2D eigenvalue weighted by molar-refractivity contribution is 6.00. The first kappa shape index (κ1) is 19.5. The Bertz CT molecular complexity index is 1050. The predicted octanol–water partition coefficient (Wildman–Crippen LogP) is 3.49. The number of nitrogens with zero attached hydrogens (tertiary/aromatic N) is 3. The van der Waals surface area contributed by atoms with Crippen LogP contribution in [0.25, 0.3) is 11.0 Å². The lowest BCUT2D eigenvalue weighted by atomic mass is 10.0. The van der Waals surface area contributed by atoms with Gasteiger partial charge in [-0.1, -0.05) is 29.3 Å². The van der Waals surface area contributed by atoms with Crippen LogP contribution in [-0.4, -0.2) is 31.7 Å². The van der Waals surface area contributed by atoms with Crippen molar-refractivity contribution in [2.24, 2.45) is 0 Å². The number of amides is 1. The molecule has 1 unspecified atom stereocenters. The molecule has 1 aromatic carbocycles. The van der Waals surface area contributed by atoms with Crippen LogP contribution in [0.4, 0.5) is 0 Å². The molecule has 2 aromatic heterocycles. The quantitative estimate of drug-likeness (QED) is 0.706. The summed E-state index contributed by atoms with van der Waals surface area (Å²) in [5.41, 5.74) is 3.99. The van der Waals surface area contributed by atoms with E-state index in [2.05, 4.69) is 15.4 Å². The van der Waals surface area contributed by atoms with Gasteiger partial charge >= 0.3 is 5.97 Å². The van der Waals surface area contributed by atoms with Crippen LogP contribution >= 0.6 is 0 Å². The van der Waals surface area contributed by atoms with Crippen LogP contribution < -0.4 is 5.32 Å². The fourth-order valence-electron chi connectivity index (χ4n) is 3.35. The summed E-state index contributed by atoms with van der Waals surface area (Å²) in [5, 5.41) is 17.4. The number of carboxylic acid groups (broad SMARTS) is 1. The summed E-state index contributed by atoms with van der Waals surface area (Å²) in [6.45, 7) is 9.53. The molecule has 0 aliphatic carbocycles. The van der Waals surface area contributed by atoms with Crippen LogP contribution in [0.5, 0.6) is 0 Å². The van der Waals surface area contributed by atoms with E-state index in [1.165, 1.54) is 0 Å². The van der Waals surface area contributed by atoms with Crippen LogP contribution in [0.1, 0.15) is 58.7 Å². The number of hydrogen-bond donors (Lipinski definition) is 2. The Kier molecular flexibility index (Phi) is 5.18. The van der Waals surface area contributed by atoms with Gasteiger partial charge < -0.3 is 10.4 Å². The number of carbonyl (C=O) groups is 2. The Morgan fingerprint density at radius 3 is 2.29 bits per heavy atom. The topological polar surface area (TPSA) is 97.1 Å². The van der Waals surface area contributed by atoms with E-state index in [0.29, 0.717) is 22.5 Å². The van der Waals surface area contributed by atoms with E-state index >= 15 is 0 Å². The molecule has 0 saturated heterocycles. The minimum Gasteiger partial charge on any atom is -0.479 e. The van der Waals surface area contributed by atoms with Crippen LogP contribution in [0.3, 0.4) is 0 Å². The van der Waals surface area contributed by atoms with Gasteiger partial charge in [-0.3, -0.25) is 4.79 Å². The highest BCUT2D eigenvalue weighted by Crippen LogP contribution is 2.22. The van der Waals surface area contributed by atoms with Gasteiger partial charge in [-0.05, 0) is 46.2 Å². The van der Waals surface area contributed by atoms with E-state index in [1.54, 1.807) is 36.0 Å². The second kappa shape index (κ2) is 7.42. The van der Waals surface area contributed by atoms with Crippen molar-refractivity contribution in [2.45, 2.75) is 46.7 Å². The predicted molar refractivity (Wildman–Crippen MR) is 106 cm³/mol. The second-order valence-electron chi connectivity index (χ2n) is 7.38. The molecule has 0 aliphatic heterocycles. The van der Waals surface area contributed by atoms with Crippen molar-refractivity contribution >= 4 is 22.9 Å². The molecule has 7 nitrogen and oxygen atoms in total. The van der Waals surface area contributed by atoms with Crippen LogP contribution in [-0.2, 0) is 4.79 Å². The molecule has 3 aromatic rings. The molecule has 1 amide bonds. The average molecular weight is 380 g/mol. The smallest absolute Gasteiger partial charge is 0.330 e. The molecule has 7 heteroatoms. The number of aromatic nitrogens is 3. The lowest BCUT2D eigenvalue weighted by molar-refractivity contribution is -0.139. The van der Waals surface area contributed by atoms with Crippen molar-refractivity contribution in [1.82, 2.24) is 20.1 Å². The van der Waals surface area contributed by atoms with Gasteiger partial charge in [0.25, 0.3) is 5.91 Å². The van der Waals surface area contributed by atoms with E-state index < -0.39 is 17.9 Å². The zero-order valence-electron chi connectivity index (χ0n) is 16.6. The summed E-state index contributed by atoms with van der Waals surface area (Å²) in [7, 11) is 0. The van der Waals surface area contributed by atoms with Crippen LogP contribution in [0, 0.1) is 20.8 Å². The molecule has 2 N–H and O–H groups in total. The summed E-state index contributed by atoms with van der Waals surface area (Å²) >= 11 is 0.